The highest BCUT2D eigenvalue weighted by molar-refractivity contribution is 6.22. The van der Waals surface area contributed by atoms with Gasteiger partial charge in [0.05, 0.1) is 34.3 Å². The molecule has 42 heavy (non-hydrogen) atoms. The monoisotopic (exact) mass is 560 g/mol. The Morgan fingerprint density at radius 3 is 2.33 bits per heavy atom. The number of ketones is 1. The van der Waals surface area contributed by atoms with Crippen LogP contribution in [-0.2, 0) is 14.3 Å². The molecular formula is C35H32N2O5. The Morgan fingerprint density at radius 2 is 1.60 bits per heavy atom. The van der Waals surface area contributed by atoms with Crippen molar-refractivity contribution in [2.24, 2.45) is 17.8 Å². The van der Waals surface area contributed by atoms with Crippen LogP contribution >= 0.6 is 0 Å². The van der Waals surface area contributed by atoms with Crippen LogP contribution in [-0.4, -0.2) is 34.7 Å². The van der Waals surface area contributed by atoms with Crippen LogP contribution < -0.4 is 4.90 Å². The van der Waals surface area contributed by atoms with E-state index in [4.69, 9.17) is 9.72 Å². The highest BCUT2D eigenvalue weighted by atomic mass is 16.5. The number of rotatable bonds is 7. The minimum Gasteiger partial charge on any atom is -0.450 e. The number of aromatic nitrogens is 1. The maximum absolute atomic E-state index is 13.5. The Kier molecular flexibility index (Phi) is 7.42. The lowest BCUT2D eigenvalue weighted by Gasteiger charge is -2.25. The Morgan fingerprint density at radius 1 is 0.905 bits per heavy atom. The average Bonchev–Trinajstić information content (AvgIpc) is 3.27. The van der Waals surface area contributed by atoms with E-state index in [-0.39, 0.29) is 29.4 Å². The van der Waals surface area contributed by atoms with Gasteiger partial charge in [-0.05, 0) is 55.9 Å². The summed E-state index contributed by atoms with van der Waals surface area (Å²) in [5, 5.41) is 0.620. The molecule has 0 spiro atoms. The van der Waals surface area contributed by atoms with Gasteiger partial charge in [0.1, 0.15) is 0 Å². The molecule has 212 valence electrons. The van der Waals surface area contributed by atoms with Gasteiger partial charge in [0.2, 0.25) is 17.6 Å². The van der Waals surface area contributed by atoms with Gasteiger partial charge in [0.25, 0.3) is 0 Å². The van der Waals surface area contributed by atoms with Crippen molar-refractivity contribution in [2.75, 3.05) is 4.90 Å². The van der Waals surface area contributed by atoms with Crippen molar-refractivity contribution in [3.63, 3.8) is 0 Å². The van der Waals surface area contributed by atoms with Gasteiger partial charge in [-0.3, -0.25) is 19.3 Å². The highest BCUT2D eigenvalue weighted by Crippen LogP contribution is 2.42. The number of hydrogen-bond acceptors (Lipinski definition) is 6. The number of benzene rings is 3. The molecule has 2 amide bonds. The lowest BCUT2D eigenvalue weighted by molar-refractivity contribution is -0.122. The number of anilines is 1. The summed E-state index contributed by atoms with van der Waals surface area (Å²) in [5.74, 6) is -1.12. The first-order chi connectivity index (χ1) is 20.4. The molecule has 1 saturated carbocycles. The molecule has 2 heterocycles. The lowest BCUT2D eigenvalue weighted by Crippen LogP contribution is -2.30. The summed E-state index contributed by atoms with van der Waals surface area (Å²) in [4.78, 5) is 59.0. The fourth-order valence-electron chi connectivity index (χ4n) is 6.22. The number of para-hydroxylation sites is 1. The fraction of sp³-hybridized carbons (Fsp3) is 0.286. The number of Topliss-reactive ketones (excluding diaryl/α,β-unsaturated/α-hetero) is 1. The predicted octanol–water partition coefficient (Wildman–Crippen LogP) is 6.65. The Labute approximate surface area is 244 Å². The van der Waals surface area contributed by atoms with Crippen LogP contribution in [0.2, 0.25) is 0 Å². The predicted molar refractivity (Wildman–Crippen MR) is 160 cm³/mol. The van der Waals surface area contributed by atoms with Crippen LogP contribution in [0.15, 0.2) is 84.9 Å². The zero-order valence-corrected chi connectivity index (χ0v) is 23.7. The van der Waals surface area contributed by atoms with Crippen molar-refractivity contribution < 1.29 is 23.9 Å². The summed E-state index contributed by atoms with van der Waals surface area (Å²) < 4.78 is 5.77. The molecule has 1 aliphatic carbocycles. The van der Waals surface area contributed by atoms with E-state index in [9.17, 15) is 19.2 Å². The number of esters is 1. The van der Waals surface area contributed by atoms with E-state index in [0.29, 0.717) is 45.7 Å². The SMILES string of the molecule is CCC(OC(=O)c1cc(-c2ccc(N3C(=O)C4CCC(C)CC4C3=O)cc2)nc2ccccc12)C(=O)c1ccccc1. The number of fused-ring (bicyclic) bond motifs is 2. The molecule has 2 aliphatic rings. The molecule has 4 aromatic rings. The Bertz CT molecular complexity index is 1680. The topological polar surface area (TPSA) is 93.6 Å². The second kappa shape index (κ2) is 11.3. The molecule has 2 fully saturated rings. The third kappa shape index (κ3) is 5.00. The summed E-state index contributed by atoms with van der Waals surface area (Å²) in [6, 6.07) is 24.9. The smallest absolute Gasteiger partial charge is 0.339 e. The second-order valence-electron chi connectivity index (χ2n) is 11.3. The summed E-state index contributed by atoms with van der Waals surface area (Å²) in [6.45, 7) is 3.94. The molecule has 0 bridgehead atoms. The van der Waals surface area contributed by atoms with E-state index < -0.39 is 12.1 Å². The van der Waals surface area contributed by atoms with Crippen LogP contribution in [0.4, 0.5) is 5.69 Å². The molecule has 1 saturated heterocycles. The molecule has 7 nitrogen and oxygen atoms in total. The first-order valence-electron chi connectivity index (χ1n) is 14.5. The highest BCUT2D eigenvalue weighted by Gasteiger charge is 2.49. The van der Waals surface area contributed by atoms with Crippen LogP contribution in [0, 0.1) is 17.8 Å². The van der Waals surface area contributed by atoms with Crippen molar-refractivity contribution in [3.8, 4) is 11.3 Å². The number of nitrogens with zero attached hydrogens (tertiary/aromatic N) is 2. The second-order valence-corrected chi connectivity index (χ2v) is 11.3. The van der Waals surface area contributed by atoms with Crippen molar-refractivity contribution in [1.29, 1.82) is 0 Å². The minimum atomic E-state index is -0.920. The number of imide groups is 1. The molecule has 6 rings (SSSR count). The van der Waals surface area contributed by atoms with E-state index in [0.717, 1.165) is 24.8 Å². The Balaban J connectivity index is 1.29. The van der Waals surface area contributed by atoms with Crippen molar-refractivity contribution >= 4 is 40.2 Å². The summed E-state index contributed by atoms with van der Waals surface area (Å²) in [5.41, 5.74) is 3.20. The third-order valence-electron chi connectivity index (χ3n) is 8.52. The molecule has 0 N–H and O–H groups in total. The van der Waals surface area contributed by atoms with Gasteiger partial charge in [0, 0.05) is 16.5 Å². The van der Waals surface area contributed by atoms with Gasteiger partial charge >= 0.3 is 5.97 Å². The molecule has 1 aliphatic heterocycles. The van der Waals surface area contributed by atoms with Gasteiger partial charge in [-0.2, -0.15) is 0 Å². The Hall–Kier alpha value is -4.65. The average molecular weight is 561 g/mol. The molecule has 7 heteroatoms. The van der Waals surface area contributed by atoms with Crippen molar-refractivity contribution in [3.05, 3.63) is 96.1 Å². The summed E-state index contributed by atoms with van der Waals surface area (Å²) in [6.07, 6.45) is 1.88. The fourth-order valence-corrected chi connectivity index (χ4v) is 6.22. The quantitative estimate of drug-likeness (QED) is 0.143. The van der Waals surface area contributed by atoms with Gasteiger partial charge in [-0.1, -0.05) is 74.5 Å². The molecule has 1 aromatic heterocycles. The van der Waals surface area contributed by atoms with Crippen LogP contribution in [0.5, 0.6) is 0 Å². The minimum absolute atomic E-state index is 0.117. The van der Waals surface area contributed by atoms with Crippen LogP contribution in [0.3, 0.4) is 0 Å². The molecule has 4 atom stereocenters. The van der Waals surface area contributed by atoms with Gasteiger partial charge < -0.3 is 4.74 Å². The first kappa shape index (κ1) is 27.5. The first-order valence-corrected chi connectivity index (χ1v) is 14.5. The maximum Gasteiger partial charge on any atom is 0.339 e. The number of ether oxygens (including phenoxy) is 1. The number of carbonyl (C=O) groups excluding carboxylic acids is 4. The number of pyridine rings is 1. The van der Waals surface area contributed by atoms with E-state index >= 15 is 0 Å². The van der Waals surface area contributed by atoms with E-state index in [2.05, 4.69) is 6.92 Å². The largest absolute Gasteiger partial charge is 0.450 e. The standard InChI is InChI=1S/C35H32N2O5/c1-3-31(32(38)23-9-5-4-6-10-23)42-35(41)28-20-30(36-29-12-8-7-11-25(28)29)22-14-16-24(17-15-22)37-33(39)26-18-13-21(2)19-27(26)34(37)40/h4-12,14-17,20-21,26-27,31H,3,13,18-19H2,1-2H3. The van der Waals surface area contributed by atoms with E-state index in [1.807, 2.05) is 31.2 Å². The van der Waals surface area contributed by atoms with E-state index in [1.54, 1.807) is 60.7 Å². The zero-order valence-electron chi connectivity index (χ0n) is 23.7. The van der Waals surface area contributed by atoms with Gasteiger partial charge in [0.15, 0.2) is 6.10 Å². The third-order valence-corrected chi connectivity index (χ3v) is 8.52. The van der Waals surface area contributed by atoms with Gasteiger partial charge in [-0.25, -0.2) is 9.78 Å². The number of carbonyl (C=O) groups is 4. The summed E-state index contributed by atoms with van der Waals surface area (Å²) >= 11 is 0. The van der Waals surface area contributed by atoms with Gasteiger partial charge in [-0.15, -0.1) is 0 Å². The van der Waals surface area contributed by atoms with E-state index in [1.165, 1.54) is 4.90 Å². The zero-order chi connectivity index (χ0) is 29.4. The summed E-state index contributed by atoms with van der Waals surface area (Å²) in [7, 11) is 0. The molecule has 0 radical (unpaired) electrons. The molecule has 4 unspecified atom stereocenters. The van der Waals surface area contributed by atoms with Crippen molar-refractivity contribution in [1.82, 2.24) is 4.98 Å². The van der Waals surface area contributed by atoms with Crippen LogP contribution in [0.1, 0.15) is 60.2 Å². The lowest BCUT2D eigenvalue weighted by atomic mass is 9.76. The molecular weight excluding hydrogens is 528 g/mol. The maximum atomic E-state index is 13.5. The number of amides is 2. The number of hydrogen-bond donors (Lipinski definition) is 0. The van der Waals surface area contributed by atoms with Crippen molar-refractivity contribution in [2.45, 2.75) is 45.6 Å². The van der Waals surface area contributed by atoms with Crippen LogP contribution in [0.25, 0.3) is 22.2 Å². The molecule has 3 aromatic carbocycles. The normalized spacial score (nSPS) is 20.8.